The Balaban J connectivity index is 1.27. The van der Waals surface area contributed by atoms with Crippen molar-refractivity contribution in [3.63, 3.8) is 0 Å². The summed E-state index contributed by atoms with van der Waals surface area (Å²) in [7, 11) is 1.59. The number of furan rings is 1. The summed E-state index contributed by atoms with van der Waals surface area (Å²) >= 11 is 0. The third kappa shape index (κ3) is 8.00. The summed E-state index contributed by atoms with van der Waals surface area (Å²) in [5.41, 5.74) is 2.94. The number of nitro benzene ring substituents is 1. The van der Waals surface area contributed by atoms with Crippen molar-refractivity contribution in [2.75, 3.05) is 17.7 Å². The van der Waals surface area contributed by atoms with E-state index in [4.69, 9.17) is 9.15 Å². The van der Waals surface area contributed by atoms with E-state index in [1.54, 1.807) is 73.8 Å². The quantitative estimate of drug-likeness (QED) is 0.0648. The van der Waals surface area contributed by atoms with Gasteiger partial charge in [-0.1, -0.05) is 42.5 Å². The molecule has 2 amide bonds. The number of benzene rings is 4. The molecule has 1 heterocycles. The lowest BCUT2D eigenvalue weighted by atomic mass is 10.0. The van der Waals surface area contributed by atoms with Crippen molar-refractivity contribution in [3.8, 4) is 17.1 Å². The first-order valence-electron chi connectivity index (χ1n) is 14.3. The molecule has 0 bridgehead atoms. The SMILES string of the molecule is COc1ccc(CCC(=O)Nc2ccc(NC(=O)/C=C/c3ccc(-c4ccc([N+](=O)[O-])cc4)o3)cc2C(=O)c2ccccc2)cc1. The number of carbonyl (C=O) groups excluding carboxylic acids is 3. The molecule has 0 unspecified atom stereocenters. The summed E-state index contributed by atoms with van der Waals surface area (Å²) in [5.74, 6) is 0.574. The van der Waals surface area contributed by atoms with Gasteiger partial charge in [0.25, 0.3) is 5.69 Å². The van der Waals surface area contributed by atoms with Crippen LogP contribution >= 0.6 is 0 Å². The molecule has 0 radical (unpaired) electrons. The van der Waals surface area contributed by atoms with Crippen LogP contribution in [0.4, 0.5) is 17.1 Å². The van der Waals surface area contributed by atoms with Crippen LogP contribution in [-0.2, 0) is 16.0 Å². The molecule has 46 heavy (non-hydrogen) atoms. The molecule has 0 atom stereocenters. The van der Waals surface area contributed by atoms with E-state index >= 15 is 0 Å². The van der Waals surface area contributed by atoms with Gasteiger partial charge >= 0.3 is 0 Å². The van der Waals surface area contributed by atoms with Gasteiger partial charge in [-0.25, -0.2) is 0 Å². The van der Waals surface area contributed by atoms with E-state index in [0.717, 1.165) is 11.3 Å². The molecule has 0 aliphatic rings. The number of amides is 2. The number of ketones is 1. The first-order chi connectivity index (χ1) is 22.3. The molecule has 0 aliphatic heterocycles. The summed E-state index contributed by atoms with van der Waals surface area (Å²) in [4.78, 5) is 49.5. The summed E-state index contributed by atoms with van der Waals surface area (Å²) in [6.45, 7) is 0. The Labute approximate surface area is 264 Å². The van der Waals surface area contributed by atoms with Gasteiger partial charge in [-0.2, -0.15) is 0 Å². The molecular weight excluding hydrogens is 586 g/mol. The van der Waals surface area contributed by atoms with Crippen LogP contribution < -0.4 is 15.4 Å². The molecule has 1 aromatic heterocycles. The first kappa shape index (κ1) is 31.1. The Kier molecular flexibility index (Phi) is 9.79. The third-order valence-corrected chi connectivity index (χ3v) is 7.03. The predicted octanol–water partition coefficient (Wildman–Crippen LogP) is 7.32. The Hall–Kier alpha value is -6.29. The van der Waals surface area contributed by atoms with E-state index < -0.39 is 10.8 Å². The van der Waals surface area contributed by atoms with Gasteiger partial charge in [0.05, 0.1) is 17.7 Å². The van der Waals surface area contributed by atoms with Crippen molar-refractivity contribution >= 4 is 40.7 Å². The molecule has 0 aliphatic carbocycles. The molecule has 230 valence electrons. The molecule has 5 aromatic rings. The summed E-state index contributed by atoms with van der Waals surface area (Å²) in [5, 5.41) is 16.5. The highest BCUT2D eigenvalue weighted by Crippen LogP contribution is 2.26. The lowest BCUT2D eigenvalue weighted by Crippen LogP contribution is -2.16. The molecule has 0 saturated carbocycles. The second kappa shape index (κ2) is 14.5. The predicted molar refractivity (Wildman–Crippen MR) is 175 cm³/mol. The van der Waals surface area contributed by atoms with Crippen LogP contribution in [0.3, 0.4) is 0 Å². The third-order valence-electron chi connectivity index (χ3n) is 7.03. The lowest BCUT2D eigenvalue weighted by molar-refractivity contribution is -0.384. The van der Waals surface area contributed by atoms with Crippen LogP contribution in [0.1, 0.15) is 33.7 Å². The van der Waals surface area contributed by atoms with E-state index in [2.05, 4.69) is 10.6 Å². The molecule has 10 nitrogen and oxygen atoms in total. The molecule has 4 aromatic carbocycles. The molecule has 2 N–H and O–H groups in total. The number of aryl methyl sites for hydroxylation is 1. The van der Waals surface area contributed by atoms with Gasteiger partial charge < -0.3 is 19.8 Å². The Morgan fingerprint density at radius 1 is 0.870 bits per heavy atom. The van der Waals surface area contributed by atoms with Crippen molar-refractivity contribution in [2.24, 2.45) is 0 Å². The van der Waals surface area contributed by atoms with E-state index in [1.165, 1.54) is 30.4 Å². The lowest BCUT2D eigenvalue weighted by Gasteiger charge is -2.13. The van der Waals surface area contributed by atoms with Gasteiger partial charge in [-0.15, -0.1) is 0 Å². The molecule has 0 spiro atoms. The smallest absolute Gasteiger partial charge is 0.269 e. The highest BCUT2D eigenvalue weighted by atomic mass is 16.6. The molecule has 0 fully saturated rings. The van der Waals surface area contributed by atoms with Crippen LogP contribution in [-0.4, -0.2) is 29.6 Å². The fraction of sp³-hybridized carbons (Fsp3) is 0.0833. The van der Waals surface area contributed by atoms with Crippen molar-refractivity contribution in [1.82, 2.24) is 0 Å². The minimum absolute atomic E-state index is 0.0270. The average molecular weight is 616 g/mol. The van der Waals surface area contributed by atoms with Gasteiger partial charge in [0.15, 0.2) is 5.78 Å². The van der Waals surface area contributed by atoms with Crippen molar-refractivity contribution < 1.29 is 28.5 Å². The number of carbonyl (C=O) groups is 3. The molecular formula is C36H29N3O7. The maximum atomic E-state index is 13.5. The van der Waals surface area contributed by atoms with Gasteiger partial charge in [-0.3, -0.25) is 24.5 Å². The monoisotopic (exact) mass is 615 g/mol. The number of ether oxygens (including phenoxy) is 1. The van der Waals surface area contributed by atoms with Crippen molar-refractivity contribution in [1.29, 1.82) is 0 Å². The minimum Gasteiger partial charge on any atom is -0.497 e. The number of methoxy groups -OCH3 is 1. The standard InChI is InChI=1S/C36H29N3O7/c1-45-29-15-7-24(8-16-29)9-21-35(41)38-32-19-12-27(23-31(32)36(42)26-5-3-2-4-6-26)37-34(40)22-18-30-17-20-33(46-30)25-10-13-28(14-11-25)39(43)44/h2-8,10-20,22-23H,9,21H2,1H3,(H,37,40)(H,38,41)/b22-18+. The fourth-order valence-corrected chi connectivity index (χ4v) is 4.61. The van der Waals surface area contributed by atoms with Gasteiger partial charge in [0.1, 0.15) is 17.3 Å². The number of hydrogen-bond acceptors (Lipinski definition) is 7. The number of anilines is 2. The van der Waals surface area contributed by atoms with E-state index in [-0.39, 0.29) is 29.4 Å². The van der Waals surface area contributed by atoms with Gasteiger partial charge in [-0.05, 0) is 72.7 Å². The normalized spacial score (nSPS) is 10.8. The molecule has 5 rings (SSSR count). The average Bonchev–Trinajstić information content (AvgIpc) is 3.56. The van der Waals surface area contributed by atoms with Crippen molar-refractivity contribution in [3.05, 3.63) is 148 Å². The zero-order chi connectivity index (χ0) is 32.5. The highest BCUT2D eigenvalue weighted by Gasteiger charge is 2.17. The van der Waals surface area contributed by atoms with Crippen LogP contribution in [0.5, 0.6) is 5.75 Å². The highest BCUT2D eigenvalue weighted by molar-refractivity contribution is 6.15. The second-order valence-electron chi connectivity index (χ2n) is 10.2. The summed E-state index contributed by atoms with van der Waals surface area (Å²) in [6.07, 6.45) is 3.47. The number of non-ortho nitro benzene ring substituents is 1. The fourth-order valence-electron chi connectivity index (χ4n) is 4.61. The number of nitrogens with one attached hydrogen (secondary N) is 2. The second-order valence-corrected chi connectivity index (χ2v) is 10.2. The summed E-state index contributed by atoms with van der Waals surface area (Å²) < 4.78 is 10.9. The van der Waals surface area contributed by atoms with E-state index in [1.807, 2.05) is 24.3 Å². The van der Waals surface area contributed by atoms with Gasteiger partial charge in [0, 0.05) is 47.0 Å². The number of nitrogens with zero attached hydrogens (tertiary/aromatic N) is 1. The molecule has 10 heteroatoms. The van der Waals surface area contributed by atoms with Gasteiger partial charge in [0.2, 0.25) is 11.8 Å². The van der Waals surface area contributed by atoms with E-state index in [0.29, 0.717) is 40.4 Å². The van der Waals surface area contributed by atoms with Crippen LogP contribution in [0.25, 0.3) is 17.4 Å². The van der Waals surface area contributed by atoms with Crippen LogP contribution in [0, 0.1) is 10.1 Å². The van der Waals surface area contributed by atoms with E-state index in [9.17, 15) is 24.5 Å². The summed E-state index contributed by atoms with van der Waals surface area (Å²) in [6, 6.07) is 30.1. The molecule has 0 saturated heterocycles. The minimum atomic E-state index is -0.478. The number of hydrogen-bond donors (Lipinski definition) is 2. The van der Waals surface area contributed by atoms with Crippen molar-refractivity contribution in [2.45, 2.75) is 12.8 Å². The maximum Gasteiger partial charge on any atom is 0.269 e. The Bertz CT molecular complexity index is 1890. The van der Waals surface area contributed by atoms with Crippen LogP contribution in [0.2, 0.25) is 0 Å². The Morgan fingerprint density at radius 2 is 1.61 bits per heavy atom. The Morgan fingerprint density at radius 3 is 2.30 bits per heavy atom. The topological polar surface area (TPSA) is 141 Å². The first-order valence-corrected chi connectivity index (χ1v) is 14.3. The zero-order valence-corrected chi connectivity index (χ0v) is 24.8. The maximum absolute atomic E-state index is 13.5. The number of rotatable bonds is 12. The number of nitro groups is 1. The van der Waals surface area contributed by atoms with Crippen LogP contribution in [0.15, 0.2) is 120 Å². The zero-order valence-electron chi connectivity index (χ0n) is 24.8. The largest absolute Gasteiger partial charge is 0.497 e.